The summed E-state index contributed by atoms with van der Waals surface area (Å²) in [5.74, 6) is 1.30. The van der Waals surface area contributed by atoms with E-state index in [2.05, 4.69) is 32.6 Å². The quantitative estimate of drug-likeness (QED) is 0.607. The standard InChI is InChI=1S/C16H26N2O/c1-12(2)9-18(10-13(3)4)11-16(19)14-5-7-15(17)8-6-14/h5-8,12-13H,9-11,17H2,1-4H3. The maximum atomic E-state index is 12.2. The highest BCUT2D eigenvalue weighted by atomic mass is 16.1. The summed E-state index contributed by atoms with van der Waals surface area (Å²) < 4.78 is 0. The number of nitrogens with two attached hydrogens (primary N) is 1. The third kappa shape index (κ3) is 5.88. The maximum absolute atomic E-state index is 12.2. The fourth-order valence-electron chi connectivity index (χ4n) is 2.20. The van der Waals surface area contributed by atoms with Crippen molar-refractivity contribution < 1.29 is 4.79 Å². The van der Waals surface area contributed by atoms with Crippen LogP contribution < -0.4 is 5.73 Å². The van der Waals surface area contributed by atoms with Gasteiger partial charge in [0, 0.05) is 24.3 Å². The Morgan fingerprint density at radius 1 is 1.05 bits per heavy atom. The molecule has 0 aliphatic carbocycles. The lowest BCUT2D eigenvalue weighted by Gasteiger charge is -2.25. The molecule has 0 fully saturated rings. The van der Waals surface area contributed by atoms with E-state index >= 15 is 0 Å². The molecule has 0 saturated heterocycles. The second kappa shape index (κ2) is 7.29. The van der Waals surface area contributed by atoms with E-state index in [0.717, 1.165) is 18.7 Å². The minimum absolute atomic E-state index is 0.168. The van der Waals surface area contributed by atoms with Gasteiger partial charge in [-0.05, 0) is 36.1 Å². The van der Waals surface area contributed by atoms with Crippen molar-refractivity contribution in [2.75, 3.05) is 25.4 Å². The summed E-state index contributed by atoms with van der Waals surface area (Å²) in [7, 11) is 0. The van der Waals surface area contributed by atoms with Crippen LogP contribution in [0.25, 0.3) is 0 Å². The Morgan fingerprint density at radius 3 is 1.95 bits per heavy atom. The lowest BCUT2D eigenvalue weighted by atomic mass is 10.1. The first-order chi connectivity index (χ1) is 8.88. The van der Waals surface area contributed by atoms with E-state index in [0.29, 0.717) is 24.1 Å². The number of nitrogens with zero attached hydrogens (tertiary/aromatic N) is 1. The zero-order valence-corrected chi connectivity index (χ0v) is 12.5. The van der Waals surface area contributed by atoms with Crippen LogP contribution in [0.3, 0.4) is 0 Å². The molecule has 0 bridgehead atoms. The Morgan fingerprint density at radius 2 is 1.53 bits per heavy atom. The molecule has 0 aliphatic rings. The molecular formula is C16H26N2O. The molecule has 0 radical (unpaired) electrons. The van der Waals surface area contributed by atoms with Crippen LogP contribution >= 0.6 is 0 Å². The summed E-state index contributed by atoms with van der Waals surface area (Å²) in [4.78, 5) is 14.5. The normalized spacial score (nSPS) is 11.5. The molecule has 3 heteroatoms. The monoisotopic (exact) mass is 262 g/mol. The number of hydrogen-bond acceptors (Lipinski definition) is 3. The molecule has 1 rings (SSSR count). The van der Waals surface area contributed by atoms with Crippen molar-refractivity contribution in [3.8, 4) is 0 Å². The van der Waals surface area contributed by atoms with E-state index in [-0.39, 0.29) is 5.78 Å². The predicted octanol–water partition coefficient (Wildman–Crippen LogP) is 3.07. The Labute approximate surface area is 116 Å². The average molecular weight is 262 g/mol. The smallest absolute Gasteiger partial charge is 0.176 e. The first kappa shape index (κ1) is 15.7. The van der Waals surface area contributed by atoms with E-state index in [9.17, 15) is 4.79 Å². The van der Waals surface area contributed by atoms with Crippen molar-refractivity contribution in [2.45, 2.75) is 27.7 Å². The molecule has 2 N–H and O–H groups in total. The molecule has 0 unspecified atom stereocenters. The molecule has 0 heterocycles. The molecule has 0 aliphatic heterocycles. The molecule has 3 nitrogen and oxygen atoms in total. The molecule has 0 saturated carbocycles. The van der Waals surface area contributed by atoms with Gasteiger partial charge in [0.2, 0.25) is 0 Å². The number of rotatable bonds is 7. The van der Waals surface area contributed by atoms with E-state index < -0.39 is 0 Å². The lowest BCUT2D eigenvalue weighted by Crippen LogP contribution is -2.35. The van der Waals surface area contributed by atoms with Crippen molar-refractivity contribution in [1.29, 1.82) is 0 Å². The molecule has 19 heavy (non-hydrogen) atoms. The molecule has 0 amide bonds. The van der Waals surface area contributed by atoms with Crippen LogP contribution in [0, 0.1) is 11.8 Å². The molecule has 1 aromatic carbocycles. The summed E-state index contributed by atoms with van der Waals surface area (Å²) in [6.45, 7) is 11.1. The van der Waals surface area contributed by atoms with Crippen LogP contribution in [0.4, 0.5) is 5.69 Å². The van der Waals surface area contributed by atoms with Crippen molar-refractivity contribution in [2.24, 2.45) is 11.8 Å². The molecule has 0 spiro atoms. The van der Waals surface area contributed by atoms with Crippen LogP contribution in [0.1, 0.15) is 38.1 Å². The van der Waals surface area contributed by atoms with Crippen LogP contribution in [0.5, 0.6) is 0 Å². The third-order valence-corrected chi connectivity index (χ3v) is 2.85. The van der Waals surface area contributed by atoms with Gasteiger partial charge >= 0.3 is 0 Å². The van der Waals surface area contributed by atoms with Gasteiger partial charge in [0.1, 0.15) is 0 Å². The number of hydrogen-bond donors (Lipinski definition) is 1. The van der Waals surface area contributed by atoms with Crippen molar-refractivity contribution in [1.82, 2.24) is 4.90 Å². The van der Waals surface area contributed by atoms with Crippen LogP contribution in [0.15, 0.2) is 24.3 Å². The Hall–Kier alpha value is -1.35. The highest BCUT2D eigenvalue weighted by Gasteiger charge is 2.14. The Kier molecular flexibility index (Phi) is 6.03. The number of benzene rings is 1. The first-order valence-electron chi connectivity index (χ1n) is 6.99. The molecule has 0 atom stereocenters. The van der Waals surface area contributed by atoms with E-state index in [4.69, 9.17) is 5.73 Å². The van der Waals surface area contributed by atoms with E-state index in [1.54, 1.807) is 24.3 Å². The first-order valence-corrected chi connectivity index (χ1v) is 6.99. The highest BCUT2D eigenvalue weighted by Crippen LogP contribution is 2.09. The fraction of sp³-hybridized carbons (Fsp3) is 0.562. The Balaban J connectivity index is 2.66. The maximum Gasteiger partial charge on any atom is 0.176 e. The minimum Gasteiger partial charge on any atom is -0.399 e. The van der Waals surface area contributed by atoms with Crippen molar-refractivity contribution in [3.05, 3.63) is 29.8 Å². The second-order valence-electron chi connectivity index (χ2n) is 6.03. The van der Waals surface area contributed by atoms with Gasteiger partial charge in [-0.2, -0.15) is 0 Å². The molecule has 1 aromatic rings. The zero-order chi connectivity index (χ0) is 14.4. The summed E-state index contributed by atoms with van der Waals surface area (Å²) in [5.41, 5.74) is 7.07. The number of carbonyl (C=O) groups is 1. The molecule has 106 valence electrons. The summed E-state index contributed by atoms with van der Waals surface area (Å²) >= 11 is 0. The van der Waals surface area contributed by atoms with Gasteiger partial charge in [-0.3, -0.25) is 9.69 Å². The number of carbonyl (C=O) groups excluding carboxylic acids is 1. The minimum atomic E-state index is 0.168. The second-order valence-corrected chi connectivity index (χ2v) is 6.03. The van der Waals surface area contributed by atoms with Crippen LogP contribution in [-0.2, 0) is 0 Å². The number of Topliss-reactive ketones (excluding diaryl/α,β-unsaturated/α-hetero) is 1. The molecule has 0 aromatic heterocycles. The highest BCUT2D eigenvalue weighted by molar-refractivity contribution is 5.97. The van der Waals surface area contributed by atoms with Gasteiger partial charge in [-0.1, -0.05) is 27.7 Å². The Bertz CT molecular complexity index is 386. The third-order valence-electron chi connectivity index (χ3n) is 2.85. The van der Waals surface area contributed by atoms with Gasteiger partial charge in [-0.25, -0.2) is 0 Å². The average Bonchev–Trinajstić information content (AvgIpc) is 2.27. The van der Waals surface area contributed by atoms with Crippen LogP contribution in [0.2, 0.25) is 0 Å². The van der Waals surface area contributed by atoms with Gasteiger partial charge < -0.3 is 5.73 Å². The van der Waals surface area contributed by atoms with E-state index in [1.807, 2.05) is 0 Å². The van der Waals surface area contributed by atoms with Crippen molar-refractivity contribution in [3.63, 3.8) is 0 Å². The van der Waals surface area contributed by atoms with Gasteiger partial charge in [-0.15, -0.1) is 0 Å². The van der Waals surface area contributed by atoms with Crippen molar-refractivity contribution >= 4 is 11.5 Å². The lowest BCUT2D eigenvalue weighted by molar-refractivity contribution is 0.0912. The number of nitrogen functional groups attached to an aromatic ring is 1. The number of ketones is 1. The zero-order valence-electron chi connectivity index (χ0n) is 12.5. The summed E-state index contributed by atoms with van der Waals surface area (Å²) in [6, 6.07) is 7.17. The van der Waals surface area contributed by atoms with E-state index in [1.165, 1.54) is 0 Å². The number of anilines is 1. The fourth-order valence-corrected chi connectivity index (χ4v) is 2.20. The van der Waals surface area contributed by atoms with Gasteiger partial charge in [0.25, 0.3) is 0 Å². The molecular weight excluding hydrogens is 236 g/mol. The summed E-state index contributed by atoms with van der Waals surface area (Å²) in [5, 5.41) is 0. The predicted molar refractivity (Wildman–Crippen MR) is 81.3 cm³/mol. The van der Waals surface area contributed by atoms with Crippen LogP contribution in [-0.4, -0.2) is 30.3 Å². The van der Waals surface area contributed by atoms with Gasteiger partial charge in [0.15, 0.2) is 5.78 Å². The summed E-state index contributed by atoms with van der Waals surface area (Å²) in [6.07, 6.45) is 0. The topological polar surface area (TPSA) is 46.3 Å². The van der Waals surface area contributed by atoms with Gasteiger partial charge in [0.05, 0.1) is 6.54 Å². The SMILES string of the molecule is CC(C)CN(CC(=O)c1ccc(N)cc1)CC(C)C. The largest absolute Gasteiger partial charge is 0.399 e.